The fourth-order valence-corrected chi connectivity index (χ4v) is 2.53. The molecule has 0 bridgehead atoms. The minimum Gasteiger partial charge on any atom is -0.496 e. The Hall–Kier alpha value is -2.14. The van der Waals surface area contributed by atoms with Gasteiger partial charge in [-0.25, -0.2) is 5.43 Å². The molecule has 0 aromatic heterocycles. The third-order valence-electron chi connectivity index (χ3n) is 3.57. The molecule has 4 nitrogen and oxygen atoms in total. The van der Waals surface area contributed by atoms with Gasteiger partial charge in [0.05, 0.1) is 13.3 Å². The Balaban J connectivity index is 2.07. The summed E-state index contributed by atoms with van der Waals surface area (Å²) in [5, 5.41) is 4.01. The Labute approximate surface area is 151 Å². The van der Waals surface area contributed by atoms with E-state index in [0.717, 1.165) is 10.0 Å². The Bertz CT molecular complexity index is 747. The van der Waals surface area contributed by atoms with E-state index in [1.54, 1.807) is 13.3 Å². The van der Waals surface area contributed by atoms with Gasteiger partial charge in [0.2, 0.25) is 0 Å². The molecule has 1 N–H and O–H groups in total. The van der Waals surface area contributed by atoms with Crippen LogP contribution in [0.1, 0.15) is 42.3 Å². The van der Waals surface area contributed by atoms with Gasteiger partial charge in [-0.05, 0) is 41.3 Å². The SMILES string of the molecule is COc1ccc(Br)cc1/C=N/NC(=O)c1ccc(C(C)(C)C)cc1. The van der Waals surface area contributed by atoms with Crippen molar-refractivity contribution in [3.05, 3.63) is 63.6 Å². The Morgan fingerprint density at radius 2 is 1.83 bits per heavy atom. The first kappa shape index (κ1) is 18.2. The maximum Gasteiger partial charge on any atom is 0.271 e. The number of hydrogen-bond donors (Lipinski definition) is 1. The standard InChI is InChI=1S/C19H21BrN2O2/c1-19(2,3)15-7-5-13(6-8-15)18(23)22-21-12-14-11-16(20)9-10-17(14)24-4/h5-12H,1-4H3,(H,22,23)/b21-12+. The van der Waals surface area contributed by atoms with Crippen LogP contribution in [0.2, 0.25) is 0 Å². The summed E-state index contributed by atoms with van der Waals surface area (Å²) < 4.78 is 6.17. The van der Waals surface area contributed by atoms with Crippen LogP contribution in [-0.4, -0.2) is 19.2 Å². The zero-order chi connectivity index (χ0) is 17.7. The van der Waals surface area contributed by atoms with E-state index >= 15 is 0 Å². The normalized spacial score (nSPS) is 11.5. The average molecular weight is 389 g/mol. The Morgan fingerprint density at radius 3 is 2.42 bits per heavy atom. The highest BCUT2D eigenvalue weighted by molar-refractivity contribution is 9.10. The number of rotatable bonds is 4. The second-order valence-corrected chi connectivity index (χ2v) is 7.33. The average Bonchev–Trinajstić information content (AvgIpc) is 2.54. The van der Waals surface area contributed by atoms with Crippen molar-refractivity contribution >= 4 is 28.1 Å². The van der Waals surface area contributed by atoms with E-state index in [9.17, 15) is 4.79 Å². The smallest absolute Gasteiger partial charge is 0.271 e. The molecule has 24 heavy (non-hydrogen) atoms. The largest absolute Gasteiger partial charge is 0.496 e. The fourth-order valence-electron chi connectivity index (χ4n) is 2.15. The van der Waals surface area contributed by atoms with Gasteiger partial charge in [-0.2, -0.15) is 5.10 Å². The van der Waals surface area contributed by atoms with Gasteiger partial charge in [-0.3, -0.25) is 4.79 Å². The molecule has 5 heteroatoms. The van der Waals surface area contributed by atoms with Crippen molar-refractivity contribution in [2.45, 2.75) is 26.2 Å². The maximum absolute atomic E-state index is 12.2. The highest BCUT2D eigenvalue weighted by Crippen LogP contribution is 2.22. The Kier molecular flexibility index (Phi) is 5.78. The summed E-state index contributed by atoms with van der Waals surface area (Å²) in [7, 11) is 1.59. The number of methoxy groups -OCH3 is 1. The quantitative estimate of drug-likeness (QED) is 0.618. The van der Waals surface area contributed by atoms with Crippen LogP contribution >= 0.6 is 15.9 Å². The number of nitrogens with one attached hydrogen (secondary N) is 1. The fraction of sp³-hybridized carbons (Fsp3) is 0.263. The summed E-state index contributed by atoms with van der Waals surface area (Å²) in [6.07, 6.45) is 1.56. The summed E-state index contributed by atoms with van der Waals surface area (Å²) in [4.78, 5) is 12.2. The van der Waals surface area contributed by atoms with Crippen LogP contribution in [0.15, 0.2) is 52.0 Å². The van der Waals surface area contributed by atoms with Gasteiger partial charge in [0.15, 0.2) is 0 Å². The number of nitrogens with zero attached hydrogens (tertiary/aromatic N) is 1. The molecule has 0 spiro atoms. The van der Waals surface area contributed by atoms with E-state index in [0.29, 0.717) is 11.3 Å². The van der Waals surface area contributed by atoms with Gasteiger partial charge in [-0.1, -0.05) is 48.8 Å². The van der Waals surface area contributed by atoms with Crippen LogP contribution in [-0.2, 0) is 5.41 Å². The number of carbonyl (C=O) groups is 1. The highest BCUT2D eigenvalue weighted by atomic mass is 79.9. The van der Waals surface area contributed by atoms with E-state index in [2.05, 4.69) is 47.2 Å². The van der Waals surface area contributed by atoms with Crippen LogP contribution in [0.5, 0.6) is 5.75 Å². The second-order valence-electron chi connectivity index (χ2n) is 6.41. The predicted molar refractivity (Wildman–Crippen MR) is 101 cm³/mol. The van der Waals surface area contributed by atoms with Crippen LogP contribution in [0.25, 0.3) is 0 Å². The van der Waals surface area contributed by atoms with E-state index in [1.165, 1.54) is 5.56 Å². The number of hydrogen-bond acceptors (Lipinski definition) is 3. The van der Waals surface area contributed by atoms with Crippen molar-refractivity contribution in [1.82, 2.24) is 5.43 Å². The molecule has 0 aliphatic carbocycles. The summed E-state index contributed by atoms with van der Waals surface area (Å²) in [6, 6.07) is 13.1. The van der Waals surface area contributed by atoms with E-state index < -0.39 is 0 Å². The third kappa shape index (κ3) is 4.68. The van der Waals surface area contributed by atoms with Gasteiger partial charge >= 0.3 is 0 Å². The van der Waals surface area contributed by atoms with E-state index in [1.807, 2.05) is 42.5 Å². The first-order valence-corrected chi connectivity index (χ1v) is 8.38. The third-order valence-corrected chi connectivity index (χ3v) is 4.07. The molecule has 0 aliphatic heterocycles. The summed E-state index contributed by atoms with van der Waals surface area (Å²) in [5.74, 6) is 0.436. The van der Waals surface area contributed by atoms with Crippen LogP contribution in [0.4, 0.5) is 0 Å². The van der Waals surface area contributed by atoms with Crippen molar-refractivity contribution in [1.29, 1.82) is 0 Å². The van der Waals surface area contributed by atoms with Gasteiger partial charge in [0, 0.05) is 15.6 Å². The van der Waals surface area contributed by atoms with Crippen LogP contribution in [0, 0.1) is 0 Å². The van der Waals surface area contributed by atoms with Crippen molar-refractivity contribution in [3.63, 3.8) is 0 Å². The lowest BCUT2D eigenvalue weighted by molar-refractivity contribution is 0.0955. The molecular weight excluding hydrogens is 368 g/mol. The summed E-state index contributed by atoms with van der Waals surface area (Å²) >= 11 is 3.40. The topological polar surface area (TPSA) is 50.7 Å². The molecule has 2 rings (SSSR count). The molecule has 0 heterocycles. The number of halogens is 1. The number of carbonyl (C=O) groups excluding carboxylic acids is 1. The molecule has 0 aliphatic rings. The molecule has 0 saturated heterocycles. The van der Waals surface area contributed by atoms with Gasteiger partial charge in [0.25, 0.3) is 5.91 Å². The predicted octanol–water partition coefficient (Wildman–Crippen LogP) is 4.52. The minimum absolute atomic E-state index is 0.0599. The molecule has 126 valence electrons. The molecule has 0 fully saturated rings. The van der Waals surface area contributed by atoms with Gasteiger partial charge < -0.3 is 4.74 Å². The Morgan fingerprint density at radius 1 is 1.17 bits per heavy atom. The monoisotopic (exact) mass is 388 g/mol. The molecule has 1 amide bonds. The first-order chi connectivity index (χ1) is 11.3. The van der Waals surface area contributed by atoms with Crippen molar-refractivity contribution in [2.75, 3.05) is 7.11 Å². The molecule has 0 unspecified atom stereocenters. The molecule has 2 aromatic rings. The lowest BCUT2D eigenvalue weighted by Gasteiger charge is -2.18. The number of amides is 1. The maximum atomic E-state index is 12.2. The highest BCUT2D eigenvalue weighted by Gasteiger charge is 2.14. The van der Waals surface area contributed by atoms with Crippen molar-refractivity contribution in [3.8, 4) is 5.75 Å². The summed E-state index contributed by atoms with van der Waals surface area (Å²) in [5.41, 5.74) is 5.12. The second kappa shape index (κ2) is 7.62. The molecule has 0 saturated carbocycles. The summed E-state index contributed by atoms with van der Waals surface area (Å²) in [6.45, 7) is 6.41. The molecule has 2 aromatic carbocycles. The number of benzene rings is 2. The lowest BCUT2D eigenvalue weighted by atomic mass is 9.87. The minimum atomic E-state index is -0.249. The molecular formula is C19H21BrN2O2. The van der Waals surface area contributed by atoms with E-state index in [-0.39, 0.29) is 11.3 Å². The van der Waals surface area contributed by atoms with Gasteiger partial charge in [-0.15, -0.1) is 0 Å². The van der Waals surface area contributed by atoms with Gasteiger partial charge in [0.1, 0.15) is 5.75 Å². The molecule has 0 atom stereocenters. The van der Waals surface area contributed by atoms with E-state index in [4.69, 9.17) is 4.74 Å². The van der Waals surface area contributed by atoms with Crippen LogP contribution < -0.4 is 10.2 Å². The van der Waals surface area contributed by atoms with Crippen LogP contribution in [0.3, 0.4) is 0 Å². The molecule has 0 radical (unpaired) electrons. The lowest BCUT2D eigenvalue weighted by Crippen LogP contribution is -2.18. The van der Waals surface area contributed by atoms with Crippen molar-refractivity contribution < 1.29 is 9.53 Å². The zero-order valence-corrected chi connectivity index (χ0v) is 15.8. The number of hydrazone groups is 1. The zero-order valence-electron chi connectivity index (χ0n) is 14.3. The first-order valence-electron chi connectivity index (χ1n) is 7.59. The van der Waals surface area contributed by atoms with Crippen molar-refractivity contribution in [2.24, 2.45) is 5.10 Å². The number of ether oxygens (including phenoxy) is 1.